The quantitative estimate of drug-likeness (QED) is 0.576. The second-order valence-electron chi connectivity index (χ2n) is 1.98. The fourth-order valence-corrected chi connectivity index (χ4v) is 1.24. The molecular weight excluding hydrogens is 217 g/mol. The van der Waals surface area contributed by atoms with Gasteiger partial charge in [0.05, 0.1) is 4.83 Å². The zero-order valence-corrected chi connectivity index (χ0v) is 7.61. The van der Waals surface area contributed by atoms with E-state index in [1.54, 1.807) is 6.92 Å². The van der Waals surface area contributed by atoms with Crippen molar-refractivity contribution in [3.63, 3.8) is 0 Å². The first-order chi connectivity index (χ1) is 4.63. The van der Waals surface area contributed by atoms with Crippen LogP contribution in [0, 0.1) is 0 Å². The molecule has 0 aliphatic carbocycles. The molecule has 0 aromatic carbocycles. The van der Waals surface area contributed by atoms with E-state index < -0.39 is 0 Å². The Morgan fingerprint density at radius 1 is 1.80 bits per heavy atom. The number of carbonyl (C=O) groups excluding carboxylic acids is 1. The van der Waals surface area contributed by atoms with Crippen LogP contribution >= 0.6 is 27.5 Å². The Bertz CT molecular complexity index is 234. The molecule has 0 N–H and O–H groups in total. The van der Waals surface area contributed by atoms with Crippen molar-refractivity contribution in [3.05, 3.63) is 10.6 Å². The summed E-state index contributed by atoms with van der Waals surface area (Å²) in [5.41, 5.74) is 0.821. The molecule has 1 aliphatic heterocycles. The van der Waals surface area contributed by atoms with Crippen LogP contribution in [0.5, 0.6) is 0 Å². The minimum Gasteiger partial charge on any atom is -0.266 e. The highest BCUT2D eigenvalue weighted by molar-refractivity contribution is 9.10. The lowest BCUT2D eigenvalue weighted by molar-refractivity contribution is -0.113. The van der Waals surface area contributed by atoms with Gasteiger partial charge in [-0.2, -0.15) is 0 Å². The highest BCUT2D eigenvalue weighted by Gasteiger charge is 2.18. The molecule has 0 bridgehead atoms. The van der Waals surface area contributed by atoms with Gasteiger partial charge < -0.3 is 0 Å². The predicted octanol–water partition coefficient (Wildman–Crippen LogP) is 1.87. The lowest BCUT2D eigenvalue weighted by Gasteiger charge is -2.09. The summed E-state index contributed by atoms with van der Waals surface area (Å²) in [6.45, 7) is 1.80. The van der Waals surface area contributed by atoms with Crippen LogP contribution in [-0.4, -0.2) is 16.9 Å². The average molecular weight is 222 g/mol. The minimum absolute atomic E-state index is 0.0118. The molecule has 10 heavy (non-hydrogen) atoms. The summed E-state index contributed by atoms with van der Waals surface area (Å²) in [5, 5.41) is 0.226. The Morgan fingerprint density at radius 3 is 2.90 bits per heavy atom. The van der Waals surface area contributed by atoms with Gasteiger partial charge in [0.15, 0.2) is 0 Å². The molecule has 4 heteroatoms. The number of carbonyl (C=O) groups is 1. The summed E-state index contributed by atoms with van der Waals surface area (Å²) in [6.07, 6.45) is 1.53. The number of allylic oxidation sites excluding steroid dienone is 1. The van der Waals surface area contributed by atoms with Gasteiger partial charge in [-0.15, -0.1) is 0 Å². The monoisotopic (exact) mass is 221 g/mol. The van der Waals surface area contributed by atoms with Crippen LogP contribution in [0.4, 0.5) is 0 Å². The first-order valence-electron chi connectivity index (χ1n) is 2.72. The fourth-order valence-electron chi connectivity index (χ4n) is 0.591. The number of dihydropyridines is 1. The Morgan fingerprint density at radius 2 is 2.40 bits per heavy atom. The third-order valence-corrected chi connectivity index (χ3v) is 2.65. The van der Waals surface area contributed by atoms with E-state index in [9.17, 15) is 4.79 Å². The van der Waals surface area contributed by atoms with Crippen molar-refractivity contribution in [1.82, 2.24) is 0 Å². The molecular formula is C6H5BrClNO. The van der Waals surface area contributed by atoms with Crippen molar-refractivity contribution >= 4 is 39.7 Å². The van der Waals surface area contributed by atoms with E-state index >= 15 is 0 Å². The number of alkyl halides is 1. The van der Waals surface area contributed by atoms with Crippen molar-refractivity contribution in [1.29, 1.82) is 0 Å². The average Bonchev–Trinajstić information content (AvgIpc) is 1.93. The normalized spacial score (nSPS) is 25.9. The van der Waals surface area contributed by atoms with E-state index in [2.05, 4.69) is 20.9 Å². The van der Waals surface area contributed by atoms with E-state index in [-0.39, 0.29) is 15.8 Å². The van der Waals surface area contributed by atoms with E-state index in [1.165, 1.54) is 6.21 Å². The largest absolute Gasteiger partial charge is 0.288 e. The maximum atomic E-state index is 10.7. The first-order valence-corrected chi connectivity index (χ1v) is 4.01. The van der Waals surface area contributed by atoms with Crippen LogP contribution in [-0.2, 0) is 4.79 Å². The van der Waals surface area contributed by atoms with Gasteiger partial charge in [0.25, 0.3) is 5.91 Å². The fraction of sp³-hybridized carbons (Fsp3) is 0.333. The molecule has 0 radical (unpaired) electrons. The maximum absolute atomic E-state index is 10.7. The van der Waals surface area contributed by atoms with Gasteiger partial charge >= 0.3 is 0 Å². The van der Waals surface area contributed by atoms with E-state index in [0.717, 1.165) is 5.57 Å². The molecule has 0 aromatic heterocycles. The maximum Gasteiger partial charge on any atom is 0.288 e. The van der Waals surface area contributed by atoms with E-state index in [0.29, 0.717) is 0 Å². The van der Waals surface area contributed by atoms with Crippen LogP contribution in [0.2, 0.25) is 0 Å². The van der Waals surface area contributed by atoms with Crippen LogP contribution < -0.4 is 0 Å². The van der Waals surface area contributed by atoms with Gasteiger partial charge in [0.1, 0.15) is 5.03 Å². The van der Waals surface area contributed by atoms with Crippen molar-refractivity contribution in [3.8, 4) is 0 Å². The highest BCUT2D eigenvalue weighted by atomic mass is 79.9. The second kappa shape index (κ2) is 2.84. The SMILES string of the molecule is CC1=C(Cl)C(=O)N=CC1Br. The van der Waals surface area contributed by atoms with E-state index in [4.69, 9.17) is 11.6 Å². The number of amides is 1. The smallest absolute Gasteiger partial charge is 0.266 e. The van der Waals surface area contributed by atoms with Crippen LogP contribution in [0.3, 0.4) is 0 Å². The van der Waals surface area contributed by atoms with Gasteiger partial charge in [-0.05, 0) is 12.5 Å². The molecule has 0 fully saturated rings. The van der Waals surface area contributed by atoms with Crippen LogP contribution in [0.15, 0.2) is 15.6 Å². The lowest BCUT2D eigenvalue weighted by atomic mass is 10.2. The van der Waals surface area contributed by atoms with Crippen LogP contribution in [0.25, 0.3) is 0 Å². The molecule has 0 saturated heterocycles. The standard InChI is InChI=1S/C6H5BrClNO/c1-3-4(7)2-9-6(10)5(3)8/h2,4H,1H3. The molecule has 1 rings (SSSR count). The van der Waals surface area contributed by atoms with Crippen molar-refractivity contribution < 1.29 is 4.79 Å². The van der Waals surface area contributed by atoms with Crippen molar-refractivity contribution in [2.24, 2.45) is 4.99 Å². The summed E-state index contributed by atoms with van der Waals surface area (Å²) in [5.74, 6) is -0.352. The summed E-state index contributed by atoms with van der Waals surface area (Å²) in [7, 11) is 0. The third kappa shape index (κ3) is 1.30. The summed E-state index contributed by atoms with van der Waals surface area (Å²) in [4.78, 5) is 14.3. The molecule has 2 nitrogen and oxygen atoms in total. The molecule has 0 aromatic rings. The Kier molecular flexibility index (Phi) is 2.26. The van der Waals surface area contributed by atoms with Crippen LogP contribution in [0.1, 0.15) is 6.92 Å². The number of halogens is 2. The summed E-state index contributed by atoms with van der Waals surface area (Å²) < 4.78 is 0. The van der Waals surface area contributed by atoms with Gasteiger partial charge in [0.2, 0.25) is 0 Å². The van der Waals surface area contributed by atoms with Gasteiger partial charge in [-0.1, -0.05) is 27.5 Å². The highest BCUT2D eigenvalue weighted by Crippen LogP contribution is 2.22. The molecule has 1 aliphatic rings. The minimum atomic E-state index is -0.352. The Hall–Kier alpha value is -0.150. The number of rotatable bonds is 0. The Balaban J connectivity index is 3.00. The lowest BCUT2D eigenvalue weighted by Crippen LogP contribution is -2.13. The number of hydrogen-bond donors (Lipinski definition) is 0. The molecule has 1 unspecified atom stereocenters. The van der Waals surface area contributed by atoms with Crippen molar-refractivity contribution in [2.75, 3.05) is 0 Å². The molecule has 1 heterocycles. The van der Waals surface area contributed by atoms with Gasteiger partial charge in [0, 0.05) is 6.21 Å². The second-order valence-corrected chi connectivity index (χ2v) is 3.35. The number of hydrogen-bond acceptors (Lipinski definition) is 1. The van der Waals surface area contributed by atoms with E-state index in [1.807, 2.05) is 0 Å². The van der Waals surface area contributed by atoms with Crippen molar-refractivity contribution in [2.45, 2.75) is 11.8 Å². The summed E-state index contributed by atoms with van der Waals surface area (Å²) >= 11 is 8.88. The first kappa shape index (κ1) is 7.95. The molecule has 0 spiro atoms. The summed E-state index contributed by atoms with van der Waals surface area (Å²) in [6, 6.07) is 0. The zero-order valence-electron chi connectivity index (χ0n) is 5.27. The Labute approximate surface area is 72.1 Å². The molecule has 0 saturated carbocycles. The number of aliphatic imine (C=N–C) groups is 1. The third-order valence-electron chi connectivity index (χ3n) is 1.27. The topological polar surface area (TPSA) is 29.4 Å². The van der Waals surface area contributed by atoms with Gasteiger partial charge in [-0.25, -0.2) is 4.99 Å². The molecule has 1 atom stereocenters. The molecule has 54 valence electrons. The predicted molar refractivity (Wildman–Crippen MR) is 44.8 cm³/mol. The zero-order chi connectivity index (χ0) is 7.72. The molecule has 1 amide bonds. The number of nitrogens with zero attached hydrogens (tertiary/aromatic N) is 1. The van der Waals surface area contributed by atoms with Gasteiger partial charge in [-0.3, -0.25) is 4.79 Å².